The van der Waals surface area contributed by atoms with Gasteiger partial charge in [0.1, 0.15) is 28.6 Å². The summed E-state index contributed by atoms with van der Waals surface area (Å²) in [6, 6.07) is 19.1. The summed E-state index contributed by atoms with van der Waals surface area (Å²) in [7, 11) is -4.79. The first-order chi connectivity index (χ1) is 34.4. The van der Waals surface area contributed by atoms with Gasteiger partial charge in [-0.1, -0.05) is 38.1 Å². The standard InChI is InChI=1S/C52H60F2N6O10S2/c1-31(2)38-6-4-5-7-39(38)42-30-67-21-20-59(42)35-27-52(28-35)15-18-58(19-16-52)34-8-9-40(43(24-34)69-45-23-33-12-17-55-47(33)56-49(45)70-50(53)54)48(61)57-72(65,66)37-25-41(60(63)64)46-44(26-37)68-29-36(71-46)22-32-10-13-51(3,62)14-11-32/h4-9,12,17,23-26,31-32,35-36,42,50,62H,10-11,13-16,18-22,27-30H2,1-3H3,(H,55,56)(H,57,61)/t32?,36-,42-,51?/m0/s1. The van der Waals surface area contributed by atoms with Crippen LogP contribution in [-0.2, 0) is 14.8 Å². The number of sulfonamides is 1. The van der Waals surface area contributed by atoms with Crippen molar-refractivity contribution in [2.24, 2.45) is 11.3 Å². The lowest BCUT2D eigenvalue weighted by Crippen LogP contribution is -2.58. The zero-order valence-electron chi connectivity index (χ0n) is 40.5. The fraction of sp³-hybridized carbons (Fsp3) is 0.500. The molecule has 1 amide bonds. The first-order valence-corrected chi connectivity index (χ1v) is 27.1. The third-order valence-electron chi connectivity index (χ3n) is 15.5. The fourth-order valence-corrected chi connectivity index (χ4v) is 13.8. The van der Waals surface area contributed by atoms with E-state index in [9.17, 15) is 37.2 Å². The maximum absolute atomic E-state index is 14.3. The first kappa shape index (κ1) is 50.0. The molecule has 72 heavy (non-hydrogen) atoms. The van der Waals surface area contributed by atoms with Gasteiger partial charge in [0.05, 0.1) is 40.2 Å². The van der Waals surface area contributed by atoms with Crippen molar-refractivity contribution < 1.29 is 51.0 Å². The van der Waals surface area contributed by atoms with Crippen molar-refractivity contribution in [1.82, 2.24) is 19.6 Å². The molecule has 3 N–H and O–H groups in total. The molecule has 0 radical (unpaired) electrons. The Morgan fingerprint density at radius 1 is 1.03 bits per heavy atom. The molecular formula is C52H60F2N6O10S2. The molecule has 5 aromatic rings. The van der Waals surface area contributed by atoms with Gasteiger partial charge < -0.3 is 33.9 Å². The number of morpholine rings is 1. The van der Waals surface area contributed by atoms with Crippen LogP contribution < -0.4 is 23.8 Å². The Hall–Kier alpha value is -5.54. The summed E-state index contributed by atoms with van der Waals surface area (Å²) < 4.78 is 80.8. The highest BCUT2D eigenvalue weighted by molar-refractivity contribution is 8.00. The van der Waals surface area contributed by atoms with Crippen LogP contribution in [0.4, 0.5) is 20.2 Å². The van der Waals surface area contributed by atoms with Gasteiger partial charge in [0.2, 0.25) is 0 Å². The number of rotatable bonds is 14. The number of thioether (sulfide) groups is 1. The molecule has 5 heterocycles. The average Bonchev–Trinajstić information content (AvgIpc) is 3.80. The largest absolute Gasteiger partial charge is 0.491 e. The minimum Gasteiger partial charge on any atom is -0.491 e. The normalized spacial score (nSPS) is 23.7. The van der Waals surface area contributed by atoms with E-state index in [0.29, 0.717) is 74.5 Å². The highest BCUT2D eigenvalue weighted by atomic mass is 32.2. The molecule has 16 nitrogen and oxygen atoms in total. The predicted molar refractivity (Wildman–Crippen MR) is 267 cm³/mol. The summed E-state index contributed by atoms with van der Waals surface area (Å²) in [6.45, 7) is 6.81. The summed E-state index contributed by atoms with van der Waals surface area (Å²) in [4.78, 5) is 37.5. The number of nitro groups is 1. The molecule has 2 aromatic heterocycles. The highest BCUT2D eigenvalue weighted by Gasteiger charge is 2.50. The Morgan fingerprint density at radius 2 is 1.79 bits per heavy atom. The number of carbonyl (C=O) groups is 1. The number of aliphatic hydroxyl groups is 1. The number of aromatic amines is 1. The Kier molecular flexibility index (Phi) is 13.9. The van der Waals surface area contributed by atoms with E-state index in [1.165, 1.54) is 41.1 Å². The number of carbonyl (C=O) groups excluding carboxylic acids is 1. The van der Waals surface area contributed by atoms with Crippen LogP contribution in [0.15, 0.2) is 82.7 Å². The van der Waals surface area contributed by atoms with E-state index in [1.54, 1.807) is 24.4 Å². The first-order valence-electron chi connectivity index (χ1n) is 24.8. The van der Waals surface area contributed by atoms with Gasteiger partial charge in [-0.2, -0.15) is 13.8 Å². The Morgan fingerprint density at radius 3 is 2.53 bits per heavy atom. The Labute approximate surface area is 421 Å². The monoisotopic (exact) mass is 1030 g/mol. The van der Waals surface area contributed by atoms with Crippen LogP contribution in [0.2, 0.25) is 0 Å². The number of H-pyrrole nitrogens is 1. The smallest absolute Gasteiger partial charge is 0.388 e. The zero-order valence-corrected chi connectivity index (χ0v) is 42.1. The molecule has 4 fully saturated rings. The number of fused-ring (bicyclic) bond motifs is 2. The molecule has 2 aliphatic carbocycles. The van der Waals surface area contributed by atoms with E-state index in [-0.39, 0.29) is 56.7 Å². The van der Waals surface area contributed by atoms with Gasteiger partial charge in [-0.3, -0.25) is 19.8 Å². The number of alkyl halides is 2. The maximum atomic E-state index is 14.3. The van der Waals surface area contributed by atoms with Crippen LogP contribution in [0.5, 0.6) is 23.1 Å². The van der Waals surface area contributed by atoms with Crippen LogP contribution in [0.1, 0.15) is 112 Å². The fourth-order valence-electron chi connectivity index (χ4n) is 11.5. The molecule has 2 saturated heterocycles. The molecule has 2 saturated carbocycles. The number of hydrogen-bond acceptors (Lipinski definition) is 14. The second-order valence-corrected chi connectivity index (χ2v) is 23.7. The molecule has 0 unspecified atom stereocenters. The molecule has 20 heteroatoms. The minimum atomic E-state index is -4.79. The van der Waals surface area contributed by atoms with E-state index < -0.39 is 49.5 Å². The van der Waals surface area contributed by atoms with E-state index in [1.807, 2.05) is 6.92 Å². The van der Waals surface area contributed by atoms with Crippen molar-refractivity contribution in [3.05, 3.63) is 99.7 Å². The summed E-state index contributed by atoms with van der Waals surface area (Å²) in [5.41, 5.74) is 2.30. The van der Waals surface area contributed by atoms with Crippen molar-refractivity contribution >= 4 is 50.1 Å². The lowest BCUT2D eigenvalue weighted by molar-refractivity contribution is -0.388. The van der Waals surface area contributed by atoms with Gasteiger partial charge in [0, 0.05) is 66.4 Å². The van der Waals surface area contributed by atoms with Crippen LogP contribution in [0.3, 0.4) is 0 Å². The second kappa shape index (κ2) is 20.1. The van der Waals surface area contributed by atoms with Gasteiger partial charge in [0.25, 0.3) is 27.5 Å². The van der Waals surface area contributed by atoms with Gasteiger partial charge in [-0.25, -0.2) is 13.1 Å². The number of ether oxygens (including phenoxy) is 4. The van der Waals surface area contributed by atoms with E-state index in [4.69, 9.17) is 18.9 Å². The van der Waals surface area contributed by atoms with Crippen molar-refractivity contribution in [3.8, 4) is 23.1 Å². The van der Waals surface area contributed by atoms with E-state index in [0.717, 1.165) is 51.1 Å². The van der Waals surface area contributed by atoms with Crippen LogP contribution in [-0.4, -0.2) is 102 Å². The molecule has 2 atom stereocenters. The summed E-state index contributed by atoms with van der Waals surface area (Å²) in [5, 5.41) is 23.2. The molecular weight excluding hydrogens is 971 g/mol. The molecule has 5 aliphatic rings. The van der Waals surface area contributed by atoms with Crippen LogP contribution in [0, 0.1) is 21.4 Å². The topological polar surface area (TPSA) is 199 Å². The number of piperidine rings is 1. The molecule has 10 rings (SSSR count). The third kappa shape index (κ3) is 10.5. The Bertz CT molecular complexity index is 2950. The maximum Gasteiger partial charge on any atom is 0.388 e. The van der Waals surface area contributed by atoms with E-state index >= 15 is 0 Å². The molecule has 3 aliphatic heterocycles. The van der Waals surface area contributed by atoms with Crippen LogP contribution >= 0.6 is 11.8 Å². The quantitative estimate of drug-likeness (QED) is 0.0701. The number of halogens is 2. The molecule has 3 aromatic carbocycles. The van der Waals surface area contributed by atoms with Crippen LogP contribution in [0.25, 0.3) is 11.0 Å². The van der Waals surface area contributed by atoms with Crippen molar-refractivity contribution in [2.75, 3.05) is 44.4 Å². The van der Waals surface area contributed by atoms with Crippen molar-refractivity contribution in [3.63, 3.8) is 0 Å². The number of anilines is 1. The summed E-state index contributed by atoms with van der Waals surface area (Å²) in [6.07, 6.45) is 9.21. The number of pyridine rings is 1. The number of aromatic nitrogens is 2. The SMILES string of the molecule is CC(C)c1ccccc1[C@@H]1COCCN1C1CC2(CCN(c3ccc(C(=O)NS(=O)(=O)c4cc5c(c([N+](=O)[O-])c4)S[C@@H](CC4CCC(C)(O)CC4)CO5)c(Oc4cc5cc[nH]c5nc4OC(F)F)c3)CC2)C1. The predicted octanol–water partition coefficient (Wildman–Crippen LogP) is 10.1. The summed E-state index contributed by atoms with van der Waals surface area (Å²) >= 11 is 1.27. The lowest BCUT2D eigenvalue weighted by Gasteiger charge is -2.57. The number of nitrogens with zero attached hydrogens (tertiary/aromatic N) is 4. The number of benzene rings is 3. The van der Waals surface area contributed by atoms with Gasteiger partial charge in [-0.15, -0.1) is 11.8 Å². The second-order valence-electron chi connectivity index (χ2n) is 20.7. The van der Waals surface area contributed by atoms with Gasteiger partial charge >= 0.3 is 6.61 Å². The number of amides is 1. The zero-order chi connectivity index (χ0) is 50.5. The number of hydrogen-bond donors (Lipinski definition) is 3. The third-order valence-corrected chi connectivity index (χ3v) is 18.1. The lowest BCUT2D eigenvalue weighted by atomic mass is 9.59. The Balaban J connectivity index is 0.880. The summed E-state index contributed by atoms with van der Waals surface area (Å²) in [5.74, 6) is -1.40. The number of nitro benzene ring substituents is 1. The van der Waals surface area contributed by atoms with Crippen molar-refractivity contribution in [2.45, 2.75) is 124 Å². The van der Waals surface area contributed by atoms with Crippen molar-refractivity contribution in [1.29, 1.82) is 0 Å². The average molecular weight is 1030 g/mol. The molecule has 0 bridgehead atoms. The van der Waals surface area contributed by atoms with E-state index in [2.05, 4.69) is 62.6 Å². The van der Waals surface area contributed by atoms with Gasteiger partial charge in [-0.05, 0) is 117 Å². The highest BCUT2D eigenvalue weighted by Crippen LogP contribution is 2.54. The minimum absolute atomic E-state index is 0.0101. The molecule has 1 spiro atoms. The number of nitrogens with one attached hydrogen (secondary N) is 2. The molecule has 384 valence electrons. The van der Waals surface area contributed by atoms with Gasteiger partial charge in [0.15, 0.2) is 5.75 Å².